The van der Waals surface area contributed by atoms with Crippen LogP contribution in [-0.2, 0) is 0 Å². The van der Waals surface area contributed by atoms with Gasteiger partial charge in [-0.2, -0.15) is 0 Å². The van der Waals surface area contributed by atoms with E-state index < -0.39 is 8.07 Å². The van der Waals surface area contributed by atoms with Gasteiger partial charge in [0.05, 0.1) is 33.1 Å². The van der Waals surface area contributed by atoms with Crippen molar-refractivity contribution in [2.24, 2.45) is 0 Å². The molecule has 0 bridgehead atoms. The van der Waals surface area contributed by atoms with Crippen molar-refractivity contribution < 1.29 is 0 Å². The van der Waals surface area contributed by atoms with Crippen LogP contribution in [0.4, 0.5) is 0 Å². The molecule has 0 saturated heterocycles. The summed E-state index contributed by atoms with van der Waals surface area (Å²) in [6, 6.07) is 111. The molecule has 0 amide bonds. The standard InChI is InChI=1S/C72H49N3Si/c1-7-21-50(22-8-1)52-35-40-68-62(45-52)61-33-19-20-34-67(61)74(68)55-38-43-71-65(48-55)66-49-60(76(57-27-13-4-14-28-57,58-29-15-5-16-30-58)59-31-17-6-18-32-59)39-44-72(66)75(71)56-37-42-70-64(47-56)63-46-53(51-23-9-2-10-24-51)36-41-69(63)73(70)54-25-11-3-12-26-54/h1-49H. The summed E-state index contributed by atoms with van der Waals surface area (Å²) in [6.07, 6.45) is 0. The van der Waals surface area contributed by atoms with Crippen LogP contribution in [-0.4, -0.2) is 21.8 Å². The summed E-state index contributed by atoms with van der Waals surface area (Å²) in [7, 11) is -2.89. The van der Waals surface area contributed by atoms with E-state index in [2.05, 4.69) is 311 Å². The third kappa shape index (κ3) is 6.81. The number of aromatic nitrogens is 3. The molecule has 0 aliphatic rings. The molecule has 0 aliphatic heterocycles. The molecule has 0 saturated carbocycles. The Kier molecular flexibility index (Phi) is 10.2. The van der Waals surface area contributed by atoms with Crippen LogP contribution in [0.5, 0.6) is 0 Å². The minimum Gasteiger partial charge on any atom is -0.309 e. The molecule has 4 heteroatoms. The lowest BCUT2D eigenvalue weighted by atomic mass is 10.0. The van der Waals surface area contributed by atoms with Gasteiger partial charge in [0.15, 0.2) is 8.07 Å². The monoisotopic (exact) mass is 983 g/mol. The first-order valence-corrected chi connectivity index (χ1v) is 28.2. The molecule has 76 heavy (non-hydrogen) atoms. The van der Waals surface area contributed by atoms with Gasteiger partial charge in [0.1, 0.15) is 0 Å². The molecule has 12 aromatic carbocycles. The smallest absolute Gasteiger partial charge is 0.179 e. The van der Waals surface area contributed by atoms with E-state index in [1.807, 2.05) is 0 Å². The summed E-state index contributed by atoms with van der Waals surface area (Å²) in [5.74, 6) is 0. The van der Waals surface area contributed by atoms with E-state index in [1.54, 1.807) is 0 Å². The van der Waals surface area contributed by atoms with Crippen molar-refractivity contribution >= 4 is 94.2 Å². The Morgan fingerprint density at radius 1 is 0.184 bits per heavy atom. The Bertz CT molecular complexity index is 4560. The normalized spacial score (nSPS) is 11.9. The lowest BCUT2D eigenvalue weighted by Gasteiger charge is -2.34. The van der Waals surface area contributed by atoms with Crippen molar-refractivity contribution in [2.75, 3.05) is 0 Å². The lowest BCUT2D eigenvalue weighted by molar-refractivity contribution is 1.16. The molecule has 0 atom stereocenters. The summed E-state index contributed by atoms with van der Waals surface area (Å²) in [5, 5.41) is 12.7. The molecule has 3 aromatic heterocycles. The molecule has 3 nitrogen and oxygen atoms in total. The maximum atomic E-state index is 2.56. The summed E-state index contributed by atoms with van der Waals surface area (Å²) in [4.78, 5) is 0. The highest BCUT2D eigenvalue weighted by atomic mass is 28.3. The van der Waals surface area contributed by atoms with Crippen molar-refractivity contribution in [2.45, 2.75) is 0 Å². The van der Waals surface area contributed by atoms with Crippen LogP contribution >= 0.6 is 0 Å². The maximum absolute atomic E-state index is 2.89. The first kappa shape index (κ1) is 43.8. The van der Waals surface area contributed by atoms with Crippen LogP contribution in [0, 0.1) is 0 Å². The van der Waals surface area contributed by atoms with Crippen molar-refractivity contribution in [1.29, 1.82) is 0 Å². The second-order valence-corrected chi connectivity index (χ2v) is 23.8. The molecule has 356 valence electrons. The predicted octanol–water partition coefficient (Wildman–Crippen LogP) is 15.7. The molecule has 0 radical (unpaired) electrons. The highest BCUT2D eigenvalue weighted by Gasteiger charge is 2.41. The second-order valence-electron chi connectivity index (χ2n) is 20.0. The number of nitrogens with zero attached hydrogens (tertiary/aromatic N) is 3. The van der Waals surface area contributed by atoms with E-state index in [0.29, 0.717) is 0 Å². The minimum atomic E-state index is -2.89. The van der Waals surface area contributed by atoms with Crippen LogP contribution in [0.2, 0.25) is 0 Å². The quantitative estimate of drug-likeness (QED) is 0.101. The molecule has 3 heterocycles. The van der Waals surface area contributed by atoms with Crippen LogP contribution in [0.3, 0.4) is 0 Å². The average molecular weight is 984 g/mol. The Morgan fingerprint density at radius 2 is 0.513 bits per heavy atom. The molecule has 15 rings (SSSR count). The van der Waals surface area contributed by atoms with Gasteiger partial charge in [0.25, 0.3) is 0 Å². The van der Waals surface area contributed by atoms with Crippen molar-refractivity contribution in [3.8, 4) is 39.3 Å². The SMILES string of the molecule is c1ccc(-c2ccc3c(c2)c2ccccc2n3-c2ccc3c(c2)c2cc([Si](c4ccccc4)(c4ccccc4)c4ccccc4)ccc2n3-c2ccc3c(c2)c2cc(-c4ccccc4)ccc2n3-c2ccccc2)cc1. The summed E-state index contributed by atoms with van der Waals surface area (Å²) < 4.78 is 7.40. The molecule has 0 spiro atoms. The van der Waals surface area contributed by atoms with Gasteiger partial charge in [-0.25, -0.2) is 0 Å². The summed E-state index contributed by atoms with van der Waals surface area (Å²) in [5.41, 5.74) is 15.3. The highest BCUT2D eigenvalue weighted by Crippen LogP contribution is 2.41. The fraction of sp³-hybridized carbons (Fsp3) is 0. The third-order valence-electron chi connectivity index (χ3n) is 16.0. The van der Waals surface area contributed by atoms with Crippen LogP contribution in [0.25, 0.3) is 105 Å². The van der Waals surface area contributed by atoms with E-state index in [0.717, 1.165) is 22.6 Å². The molecule has 0 unspecified atom stereocenters. The van der Waals surface area contributed by atoms with E-state index in [1.165, 1.54) is 103 Å². The van der Waals surface area contributed by atoms with Gasteiger partial charge in [-0.15, -0.1) is 0 Å². The Balaban J connectivity index is 1.02. The first-order valence-electron chi connectivity index (χ1n) is 26.2. The van der Waals surface area contributed by atoms with Gasteiger partial charge in [-0.05, 0) is 128 Å². The predicted molar refractivity (Wildman–Crippen MR) is 324 cm³/mol. The van der Waals surface area contributed by atoms with E-state index in [4.69, 9.17) is 0 Å². The number of benzene rings is 12. The van der Waals surface area contributed by atoms with Crippen LogP contribution in [0.15, 0.2) is 297 Å². The van der Waals surface area contributed by atoms with E-state index in [9.17, 15) is 0 Å². The second kappa shape index (κ2) is 17.7. The van der Waals surface area contributed by atoms with Crippen molar-refractivity contribution in [3.05, 3.63) is 297 Å². The zero-order valence-corrected chi connectivity index (χ0v) is 42.6. The molecule has 0 aliphatic carbocycles. The number of rotatable bonds is 9. The van der Waals surface area contributed by atoms with Gasteiger partial charge in [-0.1, -0.05) is 212 Å². The Labute approximate surface area is 442 Å². The molecule has 15 aromatic rings. The zero-order chi connectivity index (χ0) is 50.2. The molecular weight excluding hydrogens is 935 g/mol. The lowest BCUT2D eigenvalue weighted by Crippen LogP contribution is -2.74. The zero-order valence-electron chi connectivity index (χ0n) is 41.6. The van der Waals surface area contributed by atoms with Gasteiger partial charge >= 0.3 is 0 Å². The fourth-order valence-electron chi connectivity index (χ4n) is 12.6. The minimum absolute atomic E-state index is 1.12. The van der Waals surface area contributed by atoms with Gasteiger partial charge < -0.3 is 13.7 Å². The third-order valence-corrected chi connectivity index (χ3v) is 20.7. The molecule has 0 fully saturated rings. The average Bonchev–Trinajstić information content (AvgIpc) is 4.16. The molecule has 0 N–H and O–H groups in total. The summed E-state index contributed by atoms with van der Waals surface area (Å²) in [6.45, 7) is 0. The maximum Gasteiger partial charge on any atom is 0.179 e. The largest absolute Gasteiger partial charge is 0.309 e. The van der Waals surface area contributed by atoms with E-state index >= 15 is 0 Å². The first-order chi connectivity index (χ1) is 37.7. The topological polar surface area (TPSA) is 14.8 Å². The Hall–Kier alpha value is -9.74. The highest BCUT2D eigenvalue weighted by molar-refractivity contribution is 7.20. The Morgan fingerprint density at radius 3 is 0.987 bits per heavy atom. The van der Waals surface area contributed by atoms with E-state index in [-0.39, 0.29) is 0 Å². The number of para-hydroxylation sites is 2. The number of hydrogen-bond acceptors (Lipinski definition) is 0. The number of hydrogen-bond donors (Lipinski definition) is 0. The van der Waals surface area contributed by atoms with Crippen molar-refractivity contribution in [1.82, 2.24) is 13.7 Å². The number of fused-ring (bicyclic) bond motifs is 9. The van der Waals surface area contributed by atoms with Gasteiger partial charge in [0, 0.05) is 49.4 Å². The van der Waals surface area contributed by atoms with Crippen molar-refractivity contribution in [3.63, 3.8) is 0 Å². The summed E-state index contributed by atoms with van der Waals surface area (Å²) >= 11 is 0. The fourth-order valence-corrected chi connectivity index (χ4v) is 17.4. The van der Waals surface area contributed by atoms with Gasteiger partial charge in [-0.3, -0.25) is 0 Å². The van der Waals surface area contributed by atoms with Crippen LogP contribution in [0.1, 0.15) is 0 Å². The van der Waals surface area contributed by atoms with Gasteiger partial charge in [0.2, 0.25) is 0 Å². The molecular formula is C72H49N3Si. The van der Waals surface area contributed by atoms with Crippen LogP contribution < -0.4 is 20.7 Å².